The summed E-state index contributed by atoms with van der Waals surface area (Å²) in [5, 5.41) is 3.06. The highest BCUT2D eigenvalue weighted by Crippen LogP contribution is 2.25. The summed E-state index contributed by atoms with van der Waals surface area (Å²) in [6.45, 7) is 0.210. The Morgan fingerprint density at radius 1 is 1.15 bits per heavy atom. The van der Waals surface area contributed by atoms with Crippen molar-refractivity contribution in [3.63, 3.8) is 0 Å². The minimum absolute atomic E-state index is 0.210. The fraction of sp³-hybridized carbons (Fsp3) is 0.357. The van der Waals surface area contributed by atoms with E-state index in [0.29, 0.717) is 5.84 Å². The first-order chi connectivity index (χ1) is 9.67. The normalized spacial score (nSPS) is 21.0. The van der Waals surface area contributed by atoms with Crippen LogP contribution in [0, 0.1) is 11.8 Å². The van der Waals surface area contributed by atoms with Crippen molar-refractivity contribution in [2.45, 2.75) is 0 Å². The number of ether oxygens (including phenoxy) is 2. The lowest BCUT2D eigenvalue weighted by molar-refractivity contribution is -0.153. The standard InChI is InChI=1S/C14H16N2O4/c1-19-13(17)10-8-15-12(11(10)14(18)20-2)16-9-6-4-3-5-7-9/h3-7,10-11H,8H2,1-2H3,(H,15,16)/t10?,11-/m1/s1. The Hall–Kier alpha value is -2.37. The summed E-state index contributed by atoms with van der Waals surface area (Å²) in [6, 6.07) is 9.31. The van der Waals surface area contributed by atoms with Crippen LogP contribution in [-0.4, -0.2) is 38.5 Å². The number of hydrogen-bond acceptors (Lipinski definition) is 6. The maximum atomic E-state index is 11.9. The molecular weight excluding hydrogens is 260 g/mol. The molecule has 20 heavy (non-hydrogen) atoms. The summed E-state index contributed by atoms with van der Waals surface area (Å²) >= 11 is 0. The number of benzene rings is 1. The maximum absolute atomic E-state index is 11.9. The van der Waals surface area contributed by atoms with Gasteiger partial charge in [-0.25, -0.2) is 0 Å². The molecule has 0 bridgehead atoms. The zero-order chi connectivity index (χ0) is 14.5. The molecule has 106 valence electrons. The van der Waals surface area contributed by atoms with Crippen molar-refractivity contribution >= 4 is 23.5 Å². The third kappa shape index (κ3) is 2.79. The lowest BCUT2D eigenvalue weighted by Crippen LogP contribution is -2.37. The molecule has 0 saturated heterocycles. The van der Waals surface area contributed by atoms with Crippen LogP contribution in [0.3, 0.4) is 0 Å². The van der Waals surface area contributed by atoms with E-state index in [2.05, 4.69) is 10.3 Å². The molecule has 1 aromatic rings. The first-order valence-electron chi connectivity index (χ1n) is 6.19. The summed E-state index contributed by atoms with van der Waals surface area (Å²) < 4.78 is 9.47. The molecule has 2 atom stereocenters. The van der Waals surface area contributed by atoms with E-state index in [1.54, 1.807) is 0 Å². The number of para-hydroxylation sites is 1. The van der Waals surface area contributed by atoms with E-state index < -0.39 is 23.8 Å². The van der Waals surface area contributed by atoms with Gasteiger partial charge in [0, 0.05) is 5.69 Å². The van der Waals surface area contributed by atoms with Crippen LogP contribution in [0.2, 0.25) is 0 Å². The molecule has 1 aromatic carbocycles. The van der Waals surface area contributed by atoms with Gasteiger partial charge >= 0.3 is 11.9 Å². The van der Waals surface area contributed by atoms with Gasteiger partial charge in [-0.15, -0.1) is 0 Å². The minimum atomic E-state index is -0.757. The summed E-state index contributed by atoms with van der Waals surface area (Å²) in [5.41, 5.74) is 0.797. The second-order valence-corrected chi connectivity index (χ2v) is 4.35. The van der Waals surface area contributed by atoms with Gasteiger partial charge in [-0.2, -0.15) is 0 Å². The molecule has 0 fully saturated rings. The SMILES string of the molecule is COC(=O)C1CN=C(Nc2ccccc2)[C@@H]1C(=O)OC. The van der Waals surface area contributed by atoms with Gasteiger partial charge in [0.1, 0.15) is 11.8 Å². The largest absolute Gasteiger partial charge is 0.469 e. The number of esters is 2. The first-order valence-corrected chi connectivity index (χ1v) is 6.19. The number of rotatable bonds is 3. The Morgan fingerprint density at radius 2 is 1.80 bits per heavy atom. The van der Waals surface area contributed by atoms with Crippen LogP contribution in [0.25, 0.3) is 0 Å². The van der Waals surface area contributed by atoms with E-state index in [9.17, 15) is 9.59 Å². The van der Waals surface area contributed by atoms with Crippen molar-refractivity contribution in [3.8, 4) is 0 Å². The zero-order valence-corrected chi connectivity index (χ0v) is 11.3. The van der Waals surface area contributed by atoms with Gasteiger partial charge in [0.15, 0.2) is 0 Å². The van der Waals surface area contributed by atoms with Gasteiger partial charge in [0.25, 0.3) is 0 Å². The second-order valence-electron chi connectivity index (χ2n) is 4.35. The Labute approximate surface area is 116 Å². The van der Waals surface area contributed by atoms with Gasteiger partial charge in [-0.1, -0.05) is 18.2 Å². The molecule has 1 aliphatic rings. The Morgan fingerprint density at radius 3 is 2.40 bits per heavy atom. The van der Waals surface area contributed by atoms with Crippen LogP contribution in [0.5, 0.6) is 0 Å². The summed E-state index contributed by atoms with van der Waals surface area (Å²) in [7, 11) is 2.58. The van der Waals surface area contributed by atoms with Crippen LogP contribution in [0.4, 0.5) is 5.69 Å². The number of methoxy groups -OCH3 is 2. The topological polar surface area (TPSA) is 77.0 Å². The Kier molecular flexibility index (Phi) is 4.34. The number of hydrogen-bond donors (Lipinski definition) is 1. The lowest BCUT2D eigenvalue weighted by Gasteiger charge is -2.17. The molecule has 6 heteroatoms. The van der Waals surface area contributed by atoms with Crippen molar-refractivity contribution < 1.29 is 19.1 Å². The van der Waals surface area contributed by atoms with E-state index >= 15 is 0 Å². The third-order valence-electron chi connectivity index (χ3n) is 3.16. The summed E-state index contributed by atoms with van der Waals surface area (Å²) in [5.74, 6) is -1.93. The second kappa shape index (κ2) is 6.18. The predicted molar refractivity (Wildman–Crippen MR) is 73.4 cm³/mol. The Balaban J connectivity index is 2.19. The van der Waals surface area contributed by atoms with E-state index in [1.807, 2.05) is 30.3 Å². The van der Waals surface area contributed by atoms with Gasteiger partial charge in [0.2, 0.25) is 0 Å². The fourth-order valence-electron chi connectivity index (χ4n) is 2.14. The van der Waals surface area contributed by atoms with E-state index in [4.69, 9.17) is 9.47 Å². The van der Waals surface area contributed by atoms with E-state index in [1.165, 1.54) is 14.2 Å². The predicted octanol–water partition coefficient (Wildman–Crippen LogP) is 1.09. The molecule has 1 unspecified atom stereocenters. The van der Waals surface area contributed by atoms with Crippen LogP contribution in [-0.2, 0) is 19.1 Å². The van der Waals surface area contributed by atoms with Crippen LogP contribution >= 0.6 is 0 Å². The number of nitrogens with zero attached hydrogens (tertiary/aromatic N) is 1. The van der Waals surface area contributed by atoms with Crippen molar-refractivity contribution in [1.29, 1.82) is 0 Å². The Bertz CT molecular complexity index is 527. The van der Waals surface area contributed by atoms with Crippen LogP contribution in [0.15, 0.2) is 35.3 Å². The molecule has 0 aliphatic carbocycles. The quantitative estimate of drug-likeness (QED) is 0.836. The molecule has 0 aromatic heterocycles. The molecular formula is C14H16N2O4. The number of carbonyl (C=O) groups is 2. The molecule has 0 spiro atoms. The average molecular weight is 276 g/mol. The van der Waals surface area contributed by atoms with Crippen LogP contribution in [0.1, 0.15) is 0 Å². The molecule has 0 amide bonds. The van der Waals surface area contributed by atoms with Gasteiger partial charge in [0.05, 0.1) is 26.7 Å². The lowest BCUT2D eigenvalue weighted by atomic mass is 9.94. The monoisotopic (exact) mass is 276 g/mol. The number of carbonyl (C=O) groups excluding carboxylic acids is 2. The highest BCUT2D eigenvalue weighted by atomic mass is 16.5. The number of aliphatic imine (C=N–C) groups is 1. The van der Waals surface area contributed by atoms with Crippen molar-refractivity contribution in [2.24, 2.45) is 16.8 Å². The number of amidine groups is 1. The maximum Gasteiger partial charge on any atom is 0.317 e. The van der Waals surface area contributed by atoms with Crippen molar-refractivity contribution in [3.05, 3.63) is 30.3 Å². The van der Waals surface area contributed by atoms with E-state index in [0.717, 1.165) is 5.69 Å². The highest BCUT2D eigenvalue weighted by molar-refractivity contribution is 6.11. The molecule has 0 radical (unpaired) electrons. The van der Waals surface area contributed by atoms with Gasteiger partial charge in [-0.05, 0) is 12.1 Å². The minimum Gasteiger partial charge on any atom is -0.469 e. The highest BCUT2D eigenvalue weighted by Gasteiger charge is 2.43. The zero-order valence-electron chi connectivity index (χ0n) is 11.3. The van der Waals surface area contributed by atoms with Gasteiger partial charge < -0.3 is 14.8 Å². The molecule has 1 heterocycles. The molecule has 2 rings (SSSR count). The summed E-state index contributed by atoms with van der Waals surface area (Å²) in [4.78, 5) is 27.8. The summed E-state index contributed by atoms with van der Waals surface area (Å²) in [6.07, 6.45) is 0. The molecule has 0 saturated carbocycles. The van der Waals surface area contributed by atoms with Gasteiger partial charge in [-0.3, -0.25) is 14.6 Å². The molecule has 1 N–H and O–H groups in total. The smallest absolute Gasteiger partial charge is 0.317 e. The first kappa shape index (κ1) is 14.0. The van der Waals surface area contributed by atoms with Crippen LogP contribution < -0.4 is 5.32 Å². The number of nitrogens with one attached hydrogen (secondary N) is 1. The van der Waals surface area contributed by atoms with E-state index in [-0.39, 0.29) is 6.54 Å². The number of anilines is 1. The average Bonchev–Trinajstić information content (AvgIpc) is 2.90. The van der Waals surface area contributed by atoms with Crippen molar-refractivity contribution in [1.82, 2.24) is 0 Å². The molecule has 1 aliphatic heterocycles. The third-order valence-corrected chi connectivity index (χ3v) is 3.16. The fourth-order valence-corrected chi connectivity index (χ4v) is 2.14. The van der Waals surface area contributed by atoms with Crippen molar-refractivity contribution in [2.75, 3.05) is 26.1 Å². The molecule has 6 nitrogen and oxygen atoms in total.